The van der Waals surface area contributed by atoms with Gasteiger partial charge in [-0.15, -0.1) is 0 Å². The number of carbonyl (C=O) groups is 1. The SMILES string of the molecule is O=C(NC1(c2ccccc2)CC1)C1CCOCC1. The van der Waals surface area contributed by atoms with Gasteiger partial charge in [0.1, 0.15) is 0 Å². The molecule has 1 amide bonds. The third kappa shape index (κ3) is 2.27. The summed E-state index contributed by atoms with van der Waals surface area (Å²) in [6, 6.07) is 10.3. The highest BCUT2D eigenvalue weighted by Gasteiger charge is 2.46. The van der Waals surface area contributed by atoms with Crippen LogP contribution in [0.1, 0.15) is 31.2 Å². The van der Waals surface area contributed by atoms with Crippen molar-refractivity contribution in [2.75, 3.05) is 13.2 Å². The minimum atomic E-state index is -0.0728. The summed E-state index contributed by atoms with van der Waals surface area (Å²) in [4.78, 5) is 12.3. The zero-order valence-electron chi connectivity index (χ0n) is 10.5. The van der Waals surface area contributed by atoms with Crippen molar-refractivity contribution in [3.8, 4) is 0 Å². The largest absolute Gasteiger partial charge is 0.381 e. The average molecular weight is 245 g/mol. The Hall–Kier alpha value is -1.35. The molecule has 1 heterocycles. The molecule has 0 atom stereocenters. The second-order valence-electron chi connectivity index (χ2n) is 5.32. The number of benzene rings is 1. The fourth-order valence-electron chi connectivity index (χ4n) is 2.67. The third-order valence-corrected chi connectivity index (χ3v) is 4.03. The lowest BCUT2D eigenvalue weighted by Gasteiger charge is -2.25. The normalized spacial score (nSPS) is 22.4. The van der Waals surface area contributed by atoms with Crippen molar-refractivity contribution < 1.29 is 9.53 Å². The highest BCUT2D eigenvalue weighted by molar-refractivity contribution is 5.80. The van der Waals surface area contributed by atoms with E-state index < -0.39 is 0 Å². The molecule has 0 aromatic heterocycles. The maximum absolute atomic E-state index is 12.3. The molecule has 2 aliphatic rings. The van der Waals surface area contributed by atoms with Gasteiger partial charge in [0.25, 0.3) is 0 Å². The zero-order chi connectivity index (χ0) is 12.4. The zero-order valence-corrected chi connectivity index (χ0v) is 10.5. The van der Waals surface area contributed by atoms with Crippen molar-refractivity contribution in [3.63, 3.8) is 0 Å². The summed E-state index contributed by atoms with van der Waals surface area (Å²) in [6.07, 6.45) is 3.84. The molecule has 1 aliphatic heterocycles. The van der Waals surface area contributed by atoms with Gasteiger partial charge in [0.05, 0.1) is 5.54 Å². The highest BCUT2D eigenvalue weighted by Crippen LogP contribution is 2.45. The van der Waals surface area contributed by atoms with Crippen LogP contribution >= 0.6 is 0 Å². The Morgan fingerprint density at radius 3 is 2.44 bits per heavy atom. The first kappa shape index (κ1) is 11.7. The van der Waals surface area contributed by atoms with E-state index in [1.807, 2.05) is 18.2 Å². The summed E-state index contributed by atoms with van der Waals surface area (Å²) < 4.78 is 5.30. The van der Waals surface area contributed by atoms with Gasteiger partial charge in [-0.3, -0.25) is 4.79 Å². The number of ether oxygens (including phenoxy) is 1. The van der Waals surface area contributed by atoms with Crippen LogP contribution in [0.2, 0.25) is 0 Å². The molecule has 3 rings (SSSR count). The molecule has 1 aliphatic carbocycles. The van der Waals surface area contributed by atoms with Crippen molar-refractivity contribution in [1.29, 1.82) is 0 Å². The molecule has 96 valence electrons. The first-order valence-corrected chi connectivity index (χ1v) is 6.75. The van der Waals surface area contributed by atoms with E-state index in [0.717, 1.165) is 38.9 Å². The van der Waals surface area contributed by atoms with E-state index in [4.69, 9.17) is 4.74 Å². The van der Waals surface area contributed by atoms with Crippen molar-refractivity contribution in [3.05, 3.63) is 35.9 Å². The molecule has 1 saturated heterocycles. The van der Waals surface area contributed by atoms with Gasteiger partial charge in [-0.05, 0) is 31.2 Å². The van der Waals surface area contributed by atoms with E-state index in [9.17, 15) is 4.79 Å². The van der Waals surface area contributed by atoms with Crippen LogP contribution in [0.3, 0.4) is 0 Å². The van der Waals surface area contributed by atoms with Crippen LogP contribution in [-0.2, 0) is 15.1 Å². The van der Waals surface area contributed by atoms with E-state index >= 15 is 0 Å². The van der Waals surface area contributed by atoms with Crippen molar-refractivity contribution in [1.82, 2.24) is 5.32 Å². The van der Waals surface area contributed by atoms with Crippen molar-refractivity contribution >= 4 is 5.91 Å². The Morgan fingerprint density at radius 1 is 1.17 bits per heavy atom. The number of rotatable bonds is 3. The lowest BCUT2D eigenvalue weighted by Crippen LogP contribution is -2.40. The first-order chi connectivity index (χ1) is 8.80. The van der Waals surface area contributed by atoms with E-state index in [0.29, 0.717) is 0 Å². The highest BCUT2D eigenvalue weighted by atomic mass is 16.5. The molecular weight excluding hydrogens is 226 g/mol. The van der Waals surface area contributed by atoms with Crippen LogP contribution < -0.4 is 5.32 Å². The van der Waals surface area contributed by atoms with Crippen molar-refractivity contribution in [2.45, 2.75) is 31.2 Å². The monoisotopic (exact) mass is 245 g/mol. The predicted octanol–water partition coefficient (Wildman–Crippen LogP) is 2.22. The van der Waals surface area contributed by atoms with E-state index in [2.05, 4.69) is 17.4 Å². The molecule has 1 saturated carbocycles. The molecule has 0 unspecified atom stereocenters. The van der Waals surface area contributed by atoms with Crippen LogP contribution in [0.4, 0.5) is 0 Å². The minimum Gasteiger partial charge on any atom is -0.381 e. The number of hydrogen-bond donors (Lipinski definition) is 1. The lowest BCUT2D eigenvalue weighted by atomic mass is 9.97. The van der Waals surface area contributed by atoms with Crippen LogP contribution in [-0.4, -0.2) is 19.1 Å². The lowest BCUT2D eigenvalue weighted by molar-refractivity contribution is -0.128. The fraction of sp³-hybridized carbons (Fsp3) is 0.533. The second kappa shape index (κ2) is 4.73. The molecule has 1 aromatic rings. The molecule has 3 heteroatoms. The minimum absolute atomic E-state index is 0.0728. The maximum Gasteiger partial charge on any atom is 0.223 e. The first-order valence-electron chi connectivity index (χ1n) is 6.75. The van der Waals surface area contributed by atoms with Gasteiger partial charge in [0.2, 0.25) is 5.91 Å². The quantitative estimate of drug-likeness (QED) is 0.886. The Bertz CT molecular complexity index is 419. The van der Waals surface area contributed by atoms with Crippen LogP contribution in [0.15, 0.2) is 30.3 Å². The molecular formula is C15H19NO2. The number of amides is 1. The molecule has 0 radical (unpaired) electrons. The van der Waals surface area contributed by atoms with Crippen molar-refractivity contribution in [2.24, 2.45) is 5.92 Å². The Balaban J connectivity index is 1.67. The summed E-state index contributed by atoms with van der Waals surface area (Å²) in [5.74, 6) is 0.347. The van der Waals surface area contributed by atoms with Gasteiger partial charge < -0.3 is 10.1 Å². The fourth-order valence-corrected chi connectivity index (χ4v) is 2.67. The molecule has 2 fully saturated rings. The van der Waals surface area contributed by atoms with Crippen LogP contribution in [0.5, 0.6) is 0 Å². The molecule has 0 bridgehead atoms. The summed E-state index contributed by atoms with van der Waals surface area (Å²) >= 11 is 0. The Labute approximate surface area is 108 Å². The average Bonchev–Trinajstić information content (AvgIpc) is 3.22. The second-order valence-corrected chi connectivity index (χ2v) is 5.32. The number of carbonyl (C=O) groups excluding carboxylic acids is 1. The summed E-state index contributed by atoms with van der Waals surface area (Å²) in [6.45, 7) is 1.44. The Morgan fingerprint density at radius 2 is 1.83 bits per heavy atom. The standard InChI is InChI=1S/C15H19NO2/c17-14(12-6-10-18-11-7-12)16-15(8-9-15)13-4-2-1-3-5-13/h1-5,12H,6-11H2,(H,16,17). The Kier molecular flexibility index (Phi) is 3.08. The van der Waals surface area contributed by atoms with E-state index in [1.165, 1.54) is 5.56 Å². The topological polar surface area (TPSA) is 38.3 Å². The number of hydrogen-bond acceptors (Lipinski definition) is 2. The maximum atomic E-state index is 12.3. The third-order valence-electron chi connectivity index (χ3n) is 4.03. The van der Waals surface area contributed by atoms with Gasteiger partial charge >= 0.3 is 0 Å². The summed E-state index contributed by atoms with van der Waals surface area (Å²) in [5, 5.41) is 3.26. The van der Waals surface area contributed by atoms with Gasteiger partial charge in [-0.2, -0.15) is 0 Å². The van der Waals surface area contributed by atoms with Gasteiger partial charge in [0.15, 0.2) is 0 Å². The predicted molar refractivity (Wildman–Crippen MR) is 69.0 cm³/mol. The van der Waals surface area contributed by atoms with E-state index in [-0.39, 0.29) is 17.4 Å². The van der Waals surface area contributed by atoms with Gasteiger partial charge in [-0.25, -0.2) is 0 Å². The van der Waals surface area contributed by atoms with Gasteiger partial charge in [0, 0.05) is 19.1 Å². The molecule has 1 aromatic carbocycles. The molecule has 1 N–H and O–H groups in total. The summed E-state index contributed by atoms with van der Waals surface area (Å²) in [5.41, 5.74) is 1.17. The van der Waals surface area contributed by atoms with Crippen LogP contribution in [0.25, 0.3) is 0 Å². The summed E-state index contributed by atoms with van der Waals surface area (Å²) in [7, 11) is 0. The molecule has 0 spiro atoms. The van der Waals surface area contributed by atoms with Gasteiger partial charge in [-0.1, -0.05) is 30.3 Å². The molecule has 18 heavy (non-hydrogen) atoms. The van der Waals surface area contributed by atoms with E-state index in [1.54, 1.807) is 0 Å². The van der Waals surface area contributed by atoms with Crippen LogP contribution in [0, 0.1) is 5.92 Å². The number of nitrogens with one attached hydrogen (secondary N) is 1. The smallest absolute Gasteiger partial charge is 0.223 e. The molecule has 3 nitrogen and oxygen atoms in total.